The average molecular weight is 332 g/mol. The second-order valence-electron chi connectivity index (χ2n) is 5.42. The molecule has 2 N–H and O–H groups in total. The van der Waals surface area contributed by atoms with Crippen LogP contribution in [-0.4, -0.2) is 27.2 Å². The molecule has 2 amide bonds. The number of rotatable bonds is 5. The zero-order chi connectivity index (χ0) is 16.9. The molecule has 0 atom stereocenters. The Balaban J connectivity index is 1.83. The summed E-state index contributed by atoms with van der Waals surface area (Å²) in [6.07, 6.45) is 1.90. The molecule has 0 spiro atoms. The van der Waals surface area contributed by atoms with Gasteiger partial charge in [0.15, 0.2) is 9.84 Å². The number of nitrogens with one attached hydrogen (secondary N) is 2. The molecule has 122 valence electrons. The number of benzene rings is 2. The Morgan fingerprint density at radius 3 is 2.39 bits per heavy atom. The van der Waals surface area contributed by atoms with E-state index < -0.39 is 9.84 Å². The van der Waals surface area contributed by atoms with E-state index in [-0.39, 0.29) is 10.9 Å². The van der Waals surface area contributed by atoms with Gasteiger partial charge in [-0.25, -0.2) is 13.2 Å². The van der Waals surface area contributed by atoms with Crippen molar-refractivity contribution >= 4 is 21.6 Å². The molecule has 2 aromatic carbocycles. The van der Waals surface area contributed by atoms with Crippen LogP contribution < -0.4 is 10.6 Å². The van der Waals surface area contributed by atoms with Gasteiger partial charge in [0, 0.05) is 18.5 Å². The van der Waals surface area contributed by atoms with Crippen molar-refractivity contribution in [2.24, 2.45) is 0 Å². The van der Waals surface area contributed by atoms with E-state index in [4.69, 9.17) is 0 Å². The quantitative estimate of drug-likeness (QED) is 0.884. The van der Waals surface area contributed by atoms with Gasteiger partial charge in [-0.05, 0) is 43.2 Å². The SMILES string of the molecule is Cc1cccc(CCNC(=O)Nc2ccc(S(C)(=O)=O)cc2)c1. The summed E-state index contributed by atoms with van der Waals surface area (Å²) in [5.74, 6) is 0. The largest absolute Gasteiger partial charge is 0.338 e. The molecule has 0 saturated carbocycles. The molecule has 5 nitrogen and oxygen atoms in total. The van der Waals surface area contributed by atoms with Crippen molar-refractivity contribution in [3.05, 3.63) is 59.7 Å². The Hall–Kier alpha value is -2.34. The molecule has 0 radical (unpaired) electrons. The topological polar surface area (TPSA) is 75.3 Å². The molecule has 2 rings (SSSR count). The lowest BCUT2D eigenvalue weighted by atomic mass is 10.1. The molecule has 0 heterocycles. The predicted octanol–water partition coefficient (Wildman–Crippen LogP) is 2.76. The van der Waals surface area contributed by atoms with Crippen molar-refractivity contribution in [2.75, 3.05) is 18.1 Å². The van der Waals surface area contributed by atoms with E-state index in [2.05, 4.69) is 16.7 Å². The smallest absolute Gasteiger partial charge is 0.319 e. The zero-order valence-electron chi connectivity index (χ0n) is 13.2. The minimum atomic E-state index is -3.22. The van der Waals surface area contributed by atoms with Gasteiger partial charge in [0.25, 0.3) is 0 Å². The third kappa shape index (κ3) is 5.41. The third-order valence-electron chi connectivity index (χ3n) is 3.32. The molecule has 0 aliphatic rings. The molecule has 0 saturated heterocycles. The normalized spacial score (nSPS) is 11.0. The Bertz CT molecular complexity index is 784. The Morgan fingerprint density at radius 1 is 1.09 bits per heavy atom. The summed E-state index contributed by atoms with van der Waals surface area (Å²) >= 11 is 0. The second-order valence-corrected chi connectivity index (χ2v) is 7.43. The van der Waals surface area contributed by atoms with Crippen molar-refractivity contribution in [3.8, 4) is 0 Å². The summed E-state index contributed by atoms with van der Waals surface area (Å²) in [5.41, 5.74) is 2.91. The molecule has 23 heavy (non-hydrogen) atoms. The number of urea groups is 1. The number of anilines is 1. The van der Waals surface area contributed by atoms with Gasteiger partial charge in [0.2, 0.25) is 0 Å². The molecular weight excluding hydrogens is 312 g/mol. The lowest BCUT2D eigenvalue weighted by molar-refractivity contribution is 0.252. The zero-order valence-corrected chi connectivity index (χ0v) is 14.0. The molecule has 0 aliphatic carbocycles. The third-order valence-corrected chi connectivity index (χ3v) is 4.45. The predicted molar refractivity (Wildman–Crippen MR) is 91.5 cm³/mol. The van der Waals surface area contributed by atoms with Crippen molar-refractivity contribution in [1.82, 2.24) is 5.32 Å². The number of hydrogen-bond acceptors (Lipinski definition) is 3. The van der Waals surface area contributed by atoms with Gasteiger partial charge in [-0.3, -0.25) is 0 Å². The van der Waals surface area contributed by atoms with E-state index in [0.717, 1.165) is 12.7 Å². The highest BCUT2D eigenvalue weighted by molar-refractivity contribution is 7.90. The van der Waals surface area contributed by atoms with Crippen LogP contribution in [0.5, 0.6) is 0 Å². The highest BCUT2D eigenvalue weighted by Gasteiger charge is 2.07. The van der Waals surface area contributed by atoms with E-state index in [0.29, 0.717) is 12.2 Å². The Kier molecular flexibility index (Phi) is 5.39. The minimum Gasteiger partial charge on any atom is -0.338 e. The maximum absolute atomic E-state index is 11.8. The summed E-state index contributed by atoms with van der Waals surface area (Å²) in [7, 11) is -3.22. The summed E-state index contributed by atoms with van der Waals surface area (Å²) in [6, 6.07) is 13.9. The molecule has 0 unspecified atom stereocenters. The maximum Gasteiger partial charge on any atom is 0.319 e. The van der Waals surface area contributed by atoms with Crippen molar-refractivity contribution in [1.29, 1.82) is 0 Å². The van der Waals surface area contributed by atoms with Gasteiger partial charge in [0.05, 0.1) is 4.90 Å². The van der Waals surface area contributed by atoms with Gasteiger partial charge in [0.1, 0.15) is 0 Å². The fourth-order valence-electron chi connectivity index (χ4n) is 2.15. The number of carbonyl (C=O) groups is 1. The highest BCUT2D eigenvalue weighted by Crippen LogP contribution is 2.13. The van der Waals surface area contributed by atoms with E-state index >= 15 is 0 Å². The fourth-order valence-corrected chi connectivity index (χ4v) is 2.78. The van der Waals surface area contributed by atoms with Crippen LogP contribution in [0.25, 0.3) is 0 Å². The van der Waals surface area contributed by atoms with Gasteiger partial charge in [-0.1, -0.05) is 29.8 Å². The highest BCUT2D eigenvalue weighted by atomic mass is 32.2. The first-order valence-electron chi connectivity index (χ1n) is 7.25. The van der Waals surface area contributed by atoms with Crippen LogP contribution in [0.15, 0.2) is 53.4 Å². The molecule has 0 aromatic heterocycles. The van der Waals surface area contributed by atoms with E-state index in [1.54, 1.807) is 12.1 Å². The maximum atomic E-state index is 11.8. The van der Waals surface area contributed by atoms with Crippen LogP contribution in [0.3, 0.4) is 0 Å². The first kappa shape index (κ1) is 17.0. The van der Waals surface area contributed by atoms with E-state index in [1.807, 2.05) is 25.1 Å². The summed E-state index contributed by atoms with van der Waals surface area (Å²) < 4.78 is 22.7. The lowest BCUT2D eigenvalue weighted by Crippen LogP contribution is -2.30. The monoisotopic (exact) mass is 332 g/mol. The lowest BCUT2D eigenvalue weighted by Gasteiger charge is -2.08. The Labute approximate surface area is 136 Å². The van der Waals surface area contributed by atoms with Crippen LogP contribution in [0.1, 0.15) is 11.1 Å². The Morgan fingerprint density at radius 2 is 1.78 bits per heavy atom. The number of carbonyl (C=O) groups excluding carboxylic acids is 1. The van der Waals surface area contributed by atoms with E-state index in [9.17, 15) is 13.2 Å². The van der Waals surface area contributed by atoms with Gasteiger partial charge < -0.3 is 10.6 Å². The van der Waals surface area contributed by atoms with Crippen LogP contribution >= 0.6 is 0 Å². The van der Waals surface area contributed by atoms with Crippen molar-refractivity contribution in [3.63, 3.8) is 0 Å². The van der Waals surface area contributed by atoms with Crippen molar-refractivity contribution < 1.29 is 13.2 Å². The first-order chi connectivity index (χ1) is 10.8. The number of sulfone groups is 1. The molecule has 2 aromatic rings. The van der Waals surface area contributed by atoms with E-state index in [1.165, 1.54) is 23.3 Å². The minimum absolute atomic E-state index is 0.225. The number of hydrogen-bond donors (Lipinski definition) is 2. The van der Waals surface area contributed by atoms with Crippen LogP contribution in [0.2, 0.25) is 0 Å². The summed E-state index contributed by atoms with van der Waals surface area (Å²) in [4.78, 5) is 12.0. The average Bonchev–Trinajstić information content (AvgIpc) is 2.47. The fraction of sp³-hybridized carbons (Fsp3) is 0.235. The molecular formula is C17H20N2O3S. The van der Waals surface area contributed by atoms with Gasteiger partial charge >= 0.3 is 6.03 Å². The summed E-state index contributed by atoms with van der Waals surface area (Å²) in [6.45, 7) is 2.56. The van der Waals surface area contributed by atoms with Gasteiger partial charge in [-0.2, -0.15) is 0 Å². The van der Waals surface area contributed by atoms with Crippen LogP contribution in [-0.2, 0) is 16.3 Å². The number of amides is 2. The first-order valence-corrected chi connectivity index (χ1v) is 9.14. The second kappa shape index (κ2) is 7.28. The molecule has 0 aliphatic heterocycles. The molecule has 0 bridgehead atoms. The molecule has 6 heteroatoms. The van der Waals surface area contributed by atoms with Crippen molar-refractivity contribution in [2.45, 2.75) is 18.2 Å². The van der Waals surface area contributed by atoms with Gasteiger partial charge in [-0.15, -0.1) is 0 Å². The summed E-state index contributed by atoms with van der Waals surface area (Å²) in [5, 5.41) is 5.45. The molecule has 0 fully saturated rings. The number of aryl methyl sites for hydroxylation is 1. The standard InChI is InChI=1S/C17H20N2O3S/c1-13-4-3-5-14(12-13)10-11-18-17(20)19-15-6-8-16(9-7-15)23(2,21)22/h3-9,12H,10-11H2,1-2H3,(H2,18,19,20). The van der Waals surface area contributed by atoms with Crippen LogP contribution in [0, 0.1) is 6.92 Å². The van der Waals surface area contributed by atoms with Crippen LogP contribution in [0.4, 0.5) is 10.5 Å².